The van der Waals surface area contributed by atoms with Crippen molar-refractivity contribution in [2.75, 3.05) is 5.32 Å². The molecule has 0 radical (unpaired) electrons. The number of hydrogen-bond donors (Lipinski definition) is 2. The Morgan fingerprint density at radius 2 is 2.00 bits per heavy atom. The van der Waals surface area contributed by atoms with Gasteiger partial charge in [-0.3, -0.25) is 9.59 Å². The summed E-state index contributed by atoms with van der Waals surface area (Å²) in [6.45, 7) is 1.87. The van der Waals surface area contributed by atoms with Crippen LogP contribution in [0.4, 0.5) is 5.69 Å². The van der Waals surface area contributed by atoms with Crippen molar-refractivity contribution in [1.82, 2.24) is 0 Å². The summed E-state index contributed by atoms with van der Waals surface area (Å²) in [6, 6.07) is 7.05. The van der Waals surface area contributed by atoms with Gasteiger partial charge in [0.1, 0.15) is 5.78 Å². The fourth-order valence-electron chi connectivity index (χ4n) is 3.28. The first-order valence-electron chi connectivity index (χ1n) is 6.72. The zero-order valence-corrected chi connectivity index (χ0v) is 10.8. The van der Waals surface area contributed by atoms with Gasteiger partial charge < -0.3 is 10.4 Å². The quantitative estimate of drug-likeness (QED) is 0.808. The van der Waals surface area contributed by atoms with Crippen molar-refractivity contribution in [3.8, 4) is 0 Å². The van der Waals surface area contributed by atoms with Crippen LogP contribution in [-0.2, 0) is 15.2 Å². The van der Waals surface area contributed by atoms with Crippen LogP contribution in [0.1, 0.15) is 31.7 Å². The first kappa shape index (κ1) is 12.4. The Kier molecular flexibility index (Phi) is 2.71. The molecule has 1 fully saturated rings. The van der Waals surface area contributed by atoms with Crippen LogP contribution in [0.5, 0.6) is 0 Å². The lowest BCUT2D eigenvalue weighted by Gasteiger charge is -2.35. The maximum Gasteiger partial charge on any atom is 0.261 e. The normalized spacial score (nSPS) is 34.0. The molecular weight excluding hydrogens is 242 g/mol. The Bertz CT molecular complexity index is 554. The number of ketones is 1. The van der Waals surface area contributed by atoms with E-state index in [9.17, 15) is 14.7 Å². The number of hydrogen-bond acceptors (Lipinski definition) is 3. The van der Waals surface area contributed by atoms with Crippen LogP contribution < -0.4 is 5.32 Å². The minimum absolute atomic E-state index is 0.000558. The molecule has 1 aromatic carbocycles. The molecule has 1 heterocycles. The summed E-state index contributed by atoms with van der Waals surface area (Å²) in [5.74, 6) is -1.18. The fourth-order valence-corrected chi connectivity index (χ4v) is 3.28. The molecule has 1 aromatic rings. The molecule has 1 aliphatic carbocycles. The van der Waals surface area contributed by atoms with Crippen LogP contribution in [0.3, 0.4) is 0 Å². The molecular formula is C15H17NO3. The van der Waals surface area contributed by atoms with E-state index in [0.717, 1.165) is 12.8 Å². The van der Waals surface area contributed by atoms with E-state index >= 15 is 0 Å². The highest BCUT2D eigenvalue weighted by Crippen LogP contribution is 2.45. The van der Waals surface area contributed by atoms with Gasteiger partial charge in [-0.15, -0.1) is 0 Å². The van der Waals surface area contributed by atoms with Crippen LogP contribution >= 0.6 is 0 Å². The van der Waals surface area contributed by atoms with Crippen molar-refractivity contribution in [3.63, 3.8) is 0 Å². The van der Waals surface area contributed by atoms with Crippen LogP contribution in [0.2, 0.25) is 0 Å². The van der Waals surface area contributed by atoms with Crippen molar-refractivity contribution in [2.24, 2.45) is 11.8 Å². The van der Waals surface area contributed by atoms with Gasteiger partial charge in [-0.2, -0.15) is 0 Å². The van der Waals surface area contributed by atoms with Crippen molar-refractivity contribution >= 4 is 17.4 Å². The Morgan fingerprint density at radius 1 is 1.26 bits per heavy atom. The van der Waals surface area contributed by atoms with Gasteiger partial charge in [0.2, 0.25) is 0 Å². The first-order valence-corrected chi connectivity index (χ1v) is 6.72. The molecule has 3 atom stereocenters. The summed E-state index contributed by atoms with van der Waals surface area (Å²) in [5.41, 5.74) is -0.545. The van der Waals surface area contributed by atoms with E-state index in [1.54, 1.807) is 24.3 Å². The molecule has 4 heteroatoms. The molecule has 0 aromatic heterocycles. The van der Waals surface area contributed by atoms with Gasteiger partial charge >= 0.3 is 0 Å². The Balaban J connectivity index is 2.07. The monoisotopic (exact) mass is 259 g/mol. The molecule has 100 valence electrons. The van der Waals surface area contributed by atoms with Gasteiger partial charge in [0.05, 0.1) is 5.92 Å². The number of carbonyl (C=O) groups excluding carboxylic acids is 2. The molecule has 2 N–H and O–H groups in total. The molecule has 1 amide bonds. The van der Waals surface area contributed by atoms with E-state index in [1.165, 1.54) is 0 Å². The van der Waals surface area contributed by atoms with Gasteiger partial charge in [-0.25, -0.2) is 0 Å². The lowest BCUT2D eigenvalue weighted by Crippen LogP contribution is -2.48. The Morgan fingerprint density at radius 3 is 2.79 bits per heavy atom. The molecule has 4 nitrogen and oxygen atoms in total. The maximum atomic E-state index is 12.3. The van der Waals surface area contributed by atoms with Crippen LogP contribution in [-0.4, -0.2) is 16.8 Å². The van der Waals surface area contributed by atoms with Gasteiger partial charge in [0.25, 0.3) is 5.91 Å². The predicted octanol–water partition coefficient (Wildman–Crippen LogP) is 1.83. The van der Waals surface area contributed by atoms with E-state index in [0.29, 0.717) is 17.7 Å². The zero-order chi connectivity index (χ0) is 13.6. The van der Waals surface area contributed by atoms with Crippen molar-refractivity contribution in [3.05, 3.63) is 29.8 Å². The third-order valence-electron chi connectivity index (χ3n) is 4.40. The lowest BCUT2D eigenvalue weighted by atomic mass is 9.70. The zero-order valence-electron chi connectivity index (χ0n) is 10.8. The van der Waals surface area contributed by atoms with Crippen molar-refractivity contribution in [2.45, 2.75) is 31.8 Å². The number of fused-ring (bicyclic) bond motifs is 1. The number of nitrogens with one attached hydrogen (secondary N) is 1. The third kappa shape index (κ3) is 1.63. The van der Waals surface area contributed by atoms with E-state index in [-0.39, 0.29) is 11.7 Å². The fraction of sp³-hybridized carbons (Fsp3) is 0.467. The standard InChI is InChI=1S/C15H17NO3/c1-9-5-4-7-11(13(9)17)15(19)10-6-2-3-8-12(10)16-14(15)18/h2-3,6,8-9,11,19H,4-5,7H2,1H3,(H,16,18)/t9-,11-,15-/m1/s1. The number of anilines is 1. The maximum absolute atomic E-state index is 12.3. The molecule has 1 aliphatic heterocycles. The number of rotatable bonds is 1. The van der Waals surface area contributed by atoms with E-state index in [4.69, 9.17) is 0 Å². The molecule has 19 heavy (non-hydrogen) atoms. The minimum Gasteiger partial charge on any atom is -0.375 e. The van der Waals surface area contributed by atoms with Gasteiger partial charge in [-0.1, -0.05) is 31.5 Å². The van der Waals surface area contributed by atoms with Gasteiger partial charge in [0, 0.05) is 17.2 Å². The summed E-state index contributed by atoms with van der Waals surface area (Å²) in [7, 11) is 0. The van der Waals surface area contributed by atoms with E-state index in [2.05, 4.69) is 5.32 Å². The van der Waals surface area contributed by atoms with E-state index in [1.807, 2.05) is 6.92 Å². The molecule has 0 saturated heterocycles. The third-order valence-corrected chi connectivity index (χ3v) is 4.40. The van der Waals surface area contributed by atoms with Gasteiger partial charge in [0.15, 0.2) is 5.60 Å². The molecule has 0 spiro atoms. The highest BCUT2D eigenvalue weighted by molar-refractivity contribution is 6.08. The summed E-state index contributed by atoms with van der Waals surface area (Å²) < 4.78 is 0. The molecule has 0 bridgehead atoms. The van der Waals surface area contributed by atoms with Crippen LogP contribution in [0.25, 0.3) is 0 Å². The SMILES string of the molecule is C[C@@H]1CCC[C@@H]([C@@]2(O)C(=O)Nc3ccccc32)C1=O. The molecule has 1 saturated carbocycles. The smallest absolute Gasteiger partial charge is 0.261 e. The van der Waals surface area contributed by atoms with Crippen molar-refractivity contribution in [1.29, 1.82) is 0 Å². The van der Waals surface area contributed by atoms with E-state index < -0.39 is 17.4 Å². The second kappa shape index (κ2) is 4.17. The minimum atomic E-state index is -1.69. The number of aliphatic hydroxyl groups is 1. The summed E-state index contributed by atoms with van der Waals surface area (Å²) in [5, 5.41) is 13.6. The number of amides is 1. The second-order valence-corrected chi connectivity index (χ2v) is 5.55. The molecule has 2 aliphatic rings. The number of benzene rings is 1. The van der Waals surface area contributed by atoms with Crippen LogP contribution in [0, 0.1) is 11.8 Å². The molecule has 0 unspecified atom stereocenters. The Labute approximate surface area is 111 Å². The predicted molar refractivity (Wildman–Crippen MR) is 70.5 cm³/mol. The average molecular weight is 259 g/mol. The van der Waals surface area contributed by atoms with Gasteiger partial charge in [-0.05, 0) is 18.9 Å². The first-order chi connectivity index (χ1) is 9.05. The largest absolute Gasteiger partial charge is 0.375 e. The lowest BCUT2D eigenvalue weighted by molar-refractivity contribution is -0.152. The van der Waals surface area contributed by atoms with Crippen LogP contribution in [0.15, 0.2) is 24.3 Å². The summed E-state index contributed by atoms with van der Waals surface area (Å²) in [4.78, 5) is 24.5. The second-order valence-electron chi connectivity index (χ2n) is 5.55. The number of Topliss-reactive ketones (excluding diaryl/α,β-unsaturated/α-hetero) is 1. The topological polar surface area (TPSA) is 66.4 Å². The molecule has 3 rings (SSSR count). The average Bonchev–Trinajstić information content (AvgIpc) is 2.66. The Hall–Kier alpha value is -1.68. The highest BCUT2D eigenvalue weighted by atomic mass is 16.3. The van der Waals surface area contributed by atoms with Crippen molar-refractivity contribution < 1.29 is 14.7 Å². The summed E-state index contributed by atoms with van der Waals surface area (Å²) >= 11 is 0. The highest BCUT2D eigenvalue weighted by Gasteiger charge is 2.54. The number of para-hydroxylation sites is 1. The number of carbonyl (C=O) groups is 2. The summed E-state index contributed by atoms with van der Waals surface area (Å²) in [6.07, 6.45) is 2.28.